The van der Waals surface area contributed by atoms with Gasteiger partial charge in [-0.2, -0.15) is 11.8 Å². The molecule has 0 aromatic rings. The second-order valence-corrected chi connectivity index (χ2v) is 5.41. The first-order valence-electron chi connectivity index (χ1n) is 5.47. The Morgan fingerprint density at radius 1 is 1.41 bits per heavy atom. The van der Waals surface area contributed by atoms with Crippen LogP contribution in [0.4, 0.5) is 4.79 Å². The number of carboxylic acid groups (broad SMARTS) is 1. The molecule has 0 bridgehead atoms. The van der Waals surface area contributed by atoms with Crippen LogP contribution in [0.1, 0.15) is 19.3 Å². The highest BCUT2D eigenvalue weighted by Crippen LogP contribution is 2.46. The van der Waals surface area contributed by atoms with E-state index in [-0.39, 0.29) is 23.7 Å². The van der Waals surface area contributed by atoms with Crippen molar-refractivity contribution in [2.24, 2.45) is 0 Å². The minimum absolute atomic E-state index is 0.0103. The minimum atomic E-state index is -1.42. The molecule has 4 N–H and O–H groups in total. The summed E-state index contributed by atoms with van der Waals surface area (Å²) < 4.78 is 0.206. The van der Waals surface area contributed by atoms with Gasteiger partial charge in [-0.3, -0.25) is 0 Å². The summed E-state index contributed by atoms with van der Waals surface area (Å²) in [5, 5.41) is 22.6. The summed E-state index contributed by atoms with van der Waals surface area (Å²) in [5.74, 6) is -1.27. The van der Waals surface area contributed by atoms with Gasteiger partial charge in [-0.15, -0.1) is 0 Å². The number of amides is 2. The molecule has 2 amide bonds. The summed E-state index contributed by atoms with van der Waals surface area (Å²) in [6.07, 6.45) is 2.85. The molecule has 1 fully saturated rings. The molecule has 0 aromatic carbocycles. The Balaban J connectivity index is 2.07. The first kappa shape index (κ1) is 14.1. The number of thioether (sulfide) groups is 1. The van der Waals surface area contributed by atoms with Gasteiger partial charge < -0.3 is 20.8 Å². The average Bonchev–Trinajstić information content (AvgIpc) is 3.07. The molecule has 17 heavy (non-hydrogen) atoms. The number of hydrogen-bond donors (Lipinski definition) is 4. The molecule has 1 aliphatic rings. The van der Waals surface area contributed by atoms with E-state index in [0.717, 1.165) is 12.8 Å². The number of carboxylic acids is 1. The van der Waals surface area contributed by atoms with Gasteiger partial charge in [0, 0.05) is 24.3 Å². The van der Waals surface area contributed by atoms with Crippen LogP contribution in [0.5, 0.6) is 0 Å². The van der Waals surface area contributed by atoms with Gasteiger partial charge in [0.15, 0.2) is 6.10 Å². The summed E-state index contributed by atoms with van der Waals surface area (Å²) in [5.41, 5.74) is 0. The molecule has 98 valence electrons. The summed E-state index contributed by atoms with van der Waals surface area (Å²) in [4.78, 5) is 21.6. The van der Waals surface area contributed by atoms with Gasteiger partial charge in [0.25, 0.3) is 0 Å². The smallest absolute Gasteiger partial charge is 0.332 e. The van der Waals surface area contributed by atoms with Gasteiger partial charge in [0.05, 0.1) is 0 Å². The molecule has 1 aliphatic carbocycles. The first-order valence-corrected chi connectivity index (χ1v) is 6.69. The van der Waals surface area contributed by atoms with Crippen molar-refractivity contribution in [1.29, 1.82) is 0 Å². The highest BCUT2D eigenvalue weighted by molar-refractivity contribution is 8.00. The van der Waals surface area contributed by atoms with Crippen molar-refractivity contribution in [2.45, 2.75) is 30.1 Å². The molecule has 6 nitrogen and oxygen atoms in total. The third-order valence-corrected chi connectivity index (χ3v) is 4.22. The summed E-state index contributed by atoms with van der Waals surface area (Å²) in [6.45, 7) is 0.771. The summed E-state index contributed by atoms with van der Waals surface area (Å²) in [7, 11) is 0. The lowest BCUT2D eigenvalue weighted by atomic mass is 10.2. The zero-order chi connectivity index (χ0) is 12.9. The number of rotatable bonds is 7. The maximum Gasteiger partial charge on any atom is 0.332 e. The highest BCUT2D eigenvalue weighted by atomic mass is 32.2. The van der Waals surface area contributed by atoms with Crippen molar-refractivity contribution in [2.75, 3.05) is 19.3 Å². The van der Waals surface area contributed by atoms with Crippen molar-refractivity contribution in [3.8, 4) is 0 Å². The van der Waals surface area contributed by atoms with Gasteiger partial charge in [-0.05, 0) is 19.1 Å². The molecular weight excluding hydrogens is 244 g/mol. The lowest BCUT2D eigenvalue weighted by Crippen LogP contribution is -2.41. The zero-order valence-corrected chi connectivity index (χ0v) is 10.5. The Morgan fingerprint density at radius 2 is 2.06 bits per heavy atom. The lowest BCUT2D eigenvalue weighted by molar-refractivity contribution is -0.146. The van der Waals surface area contributed by atoms with E-state index in [4.69, 9.17) is 10.2 Å². The van der Waals surface area contributed by atoms with Crippen LogP contribution in [0.2, 0.25) is 0 Å². The minimum Gasteiger partial charge on any atom is -0.479 e. The SMILES string of the molecule is CSC1(CNC(=O)NCC[C@H](O)C(=O)O)CC1. The summed E-state index contributed by atoms with van der Waals surface area (Å²) in [6, 6.07) is -0.317. The van der Waals surface area contributed by atoms with Crippen LogP contribution in [0.15, 0.2) is 0 Å². The highest BCUT2D eigenvalue weighted by Gasteiger charge is 2.41. The topological polar surface area (TPSA) is 98.7 Å². The number of aliphatic hydroxyl groups excluding tert-OH is 1. The number of carbonyl (C=O) groups excluding carboxylic acids is 1. The Labute approximate surface area is 104 Å². The number of hydrogen-bond acceptors (Lipinski definition) is 4. The molecule has 0 spiro atoms. The van der Waals surface area contributed by atoms with E-state index >= 15 is 0 Å². The standard InChI is InChI=1S/C10H18N2O4S/c1-17-10(3-4-10)6-12-9(16)11-5-2-7(13)8(14)15/h7,13H,2-6H2,1H3,(H,14,15)(H2,11,12,16)/t7-/m0/s1. The Kier molecular flexibility index (Phi) is 5.07. The summed E-state index contributed by atoms with van der Waals surface area (Å²) >= 11 is 1.75. The van der Waals surface area contributed by atoms with E-state index in [1.165, 1.54) is 0 Å². The fourth-order valence-corrected chi connectivity index (χ4v) is 2.07. The van der Waals surface area contributed by atoms with Gasteiger partial charge in [-0.1, -0.05) is 0 Å². The number of urea groups is 1. The number of aliphatic carboxylic acids is 1. The predicted molar refractivity (Wildman–Crippen MR) is 65.1 cm³/mol. The van der Waals surface area contributed by atoms with Crippen molar-refractivity contribution in [3.63, 3.8) is 0 Å². The molecular formula is C10H18N2O4S. The van der Waals surface area contributed by atoms with Crippen LogP contribution in [0, 0.1) is 0 Å². The van der Waals surface area contributed by atoms with Crippen LogP contribution < -0.4 is 10.6 Å². The second-order valence-electron chi connectivity index (χ2n) is 4.14. The van der Waals surface area contributed by atoms with Crippen molar-refractivity contribution in [1.82, 2.24) is 10.6 Å². The van der Waals surface area contributed by atoms with E-state index in [9.17, 15) is 9.59 Å². The van der Waals surface area contributed by atoms with Crippen LogP contribution in [0.3, 0.4) is 0 Å². The maximum absolute atomic E-state index is 11.3. The largest absolute Gasteiger partial charge is 0.479 e. The zero-order valence-electron chi connectivity index (χ0n) is 9.73. The Hall–Kier alpha value is -0.950. The fourth-order valence-electron chi connectivity index (χ4n) is 1.34. The van der Waals surface area contributed by atoms with E-state index < -0.39 is 12.1 Å². The van der Waals surface area contributed by atoms with E-state index in [1.807, 2.05) is 6.26 Å². The van der Waals surface area contributed by atoms with Crippen LogP contribution in [-0.4, -0.2) is 52.4 Å². The maximum atomic E-state index is 11.3. The van der Waals surface area contributed by atoms with Gasteiger partial charge in [0.1, 0.15) is 0 Å². The monoisotopic (exact) mass is 262 g/mol. The molecule has 0 aromatic heterocycles. The fraction of sp³-hybridized carbons (Fsp3) is 0.800. The van der Waals surface area contributed by atoms with Crippen LogP contribution >= 0.6 is 11.8 Å². The molecule has 7 heteroatoms. The van der Waals surface area contributed by atoms with Gasteiger partial charge in [0.2, 0.25) is 0 Å². The first-order chi connectivity index (χ1) is 7.99. The number of carbonyl (C=O) groups is 2. The average molecular weight is 262 g/mol. The van der Waals surface area contributed by atoms with Crippen molar-refractivity contribution < 1.29 is 19.8 Å². The quantitative estimate of drug-likeness (QED) is 0.518. The molecule has 0 radical (unpaired) electrons. The Morgan fingerprint density at radius 3 is 2.53 bits per heavy atom. The van der Waals surface area contributed by atoms with Gasteiger partial charge in [-0.25, -0.2) is 9.59 Å². The third-order valence-electron chi connectivity index (χ3n) is 2.80. The molecule has 1 saturated carbocycles. The molecule has 1 atom stereocenters. The van der Waals surface area contributed by atoms with E-state index in [2.05, 4.69) is 10.6 Å². The molecule has 0 saturated heterocycles. The molecule has 0 heterocycles. The number of aliphatic hydroxyl groups is 1. The predicted octanol–water partition coefficient (Wildman–Crippen LogP) is 0.0168. The molecule has 0 aliphatic heterocycles. The van der Waals surface area contributed by atoms with Crippen LogP contribution in [0.25, 0.3) is 0 Å². The van der Waals surface area contributed by atoms with E-state index in [1.54, 1.807) is 11.8 Å². The van der Waals surface area contributed by atoms with E-state index in [0.29, 0.717) is 6.54 Å². The number of nitrogens with one attached hydrogen (secondary N) is 2. The van der Waals surface area contributed by atoms with Crippen molar-refractivity contribution in [3.05, 3.63) is 0 Å². The Bertz CT molecular complexity index is 294. The third kappa shape index (κ3) is 4.82. The second kappa shape index (κ2) is 6.11. The lowest BCUT2D eigenvalue weighted by Gasteiger charge is -2.14. The van der Waals surface area contributed by atoms with Gasteiger partial charge >= 0.3 is 12.0 Å². The van der Waals surface area contributed by atoms with Crippen molar-refractivity contribution >= 4 is 23.8 Å². The molecule has 0 unspecified atom stereocenters. The molecule has 1 rings (SSSR count). The normalized spacial score (nSPS) is 18.2. The van der Waals surface area contributed by atoms with Crippen LogP contribution in [-0.2, 0) is 4.79 Å².